The van der Waals surface area contributed by atoms with Crippen molar-refractivity contribution in [2.45, 2.75) is 19.4 Å². The van der Waals surface area contributed by atoms with Gasteiger partial charge in [-0.15, -0.1) is 11.3 Å². The summed E-state index contributed by atoms with van der Waals surface area (Å²) in [6, 6.07) is 10.8. The summed E-state index contributed by atoms with van der Waals surface area (Å²) in [5.41, 5.74) is 1.52. The summed E-state index contributed by atoms with van der Waals surface area (Å²) in [5.74, 6) is -0.533. The van der Waals surface area contributed by atoms with Gasteiger partial charge in [0.15, 0.2) is 0 Å². The van der Waals surface area contributed by atoms with Crippen LogP contribution in [0.15, 0.2) is 41.8 Å². The number of esters is 1. The van der Waals surface area contributed by atoms with E-state index in [-0.39, 0.29) is 24.3 Å². The topological polar surface area (TPSA) is 55.4 Å². The quantitative estimate of drug-likeness (QED) is 0.864. The van der Waals surface area contributed by atoms with Crippen LogP contribution in [0.1, 0.15) is 33.3 Å². The van der Waals surface area contributed by atoms with Gasteiger partial charge < -0.3 is 10.1 Å². The SMILES string of the molecule is COC(=O)C[C@@H](NC(=O)c1ccccc1C)c1cccs1. The first-order valence-corrected chi connectivity index (χ1v) is 7.46. The van der Waals surface area contributed by atoms with E-state index >= 15 is 0 Å². The van der Waals surface area contributed by atoms with Crippen molar-refractivity contribution in [3.63, 3.8) is 0 Å². The van der Waals surface area contributed by atoms with Gasteiger partial charge in [0.25, 0.3) is 5.91 Å². The molecule has 0 radical (unpaired) electrons. The fourth-order valence-electron chi connectivity index (χ4n) is 2.03. The zero-order valence-corrected chi connectivity index (χ0v) is 12.8. The molecule has 1 aromatic carbocycles. The molecule has 4 nitrogen and oxygen atoms in total. The number of aryl methyl sites for hydroxylation is 1. The maximum absolute atomic E-state index is 12.4. The largest absolute Gasteiger partial charge is 0.469 e. The number of carbonyl (C=O) groups is 2. The van der Waals surface area contributed by atoms with E-state index in [4.69, 9.17) is 4.74 Å². The van der Waals surface area contributed by atoms with Crippen LogP contribution in [0.3, 0.4) is 0 Å². The number of rotatable bonds is 5. The molecule has 0 spiro atoms. The van der Waals surface area contributed by atoms with E-state index in [0.717, 1.165) is 10.4 Å². The van der Waals surface area contributed by atoms with Crippen LogP contribution in [-0.4, -0.2) is 19.0 Å². The number of methoxy groups -OCH3 is 1. The first kappa shape index (κ1) is 15.3. The molecule has 0 aliphatic carbocycles. The predicted octanol–water partition coefficient (Wildman–Crippen LogP) is 3.09. The Morgan fingerprint density at radius 3 is 2.62 bits per heavy atom. The van der Waals surface area contributed by atoms with Crippen LogP contribution in [0.4, 0.5) is 0 Å². The Hall–Kier alpha value is -2.14. The van der Waals surface area contributed by atoms with Crippen molar-refractivity contribution in [3.8, 4) is 0 Å². The molecule has 1 N–H and O–H groups in total. The molecular weight excluding hydrogens is 286 g/mol. The molecule has 1 aromatic heterocycles. The average Bonchev–Trinajstić information content (AvgIpc) is 3.01. The third-order valence-electron chi connectivity index (χ3n) is 3.18. The number of amides is 1. The third-order valence-corrected chi connectivity index (χ3v) is 4.17. The Balaban J connectivity index is 2.17. The lowest BCUT2D eigenvalue weighted by atomic mass is 10.1. The highest BCUT2D eigenvalue weighted by Gasteiger charge is 2.21. The smallest absolute Gasteiger partial charge is 0.307 e. The molecule has 0 unspecified atom stereocenters. The number of nitrogens with one attached hydrogen (secondary N) is 1. The van der Waals surface area contributed by atoms with E-state index in [1.165, 1.54) is 18.4 Å². The molecule has 5 heteroatoms. The lowest BCUT2D eigenvalue weighted by Crippen LogP contribution is -2.30. The number of ether oxygens (including phenoxy) is 1. The van der Waals surface area contributed by atoms with Crippen molar-refractivity contribution in [3.05, 3.63) is 57.8 Å². The molecule has 110 valence electrons. The molecule has 1 atom stereocenters. The zero-order valence-electron chi connectivity index (χ0n) is 12.0. The molecular formula is C16H17NO3S. The standard InChI is InChI=1S/C16H17NO3S/c1-11-6-3-4-7-12(11)16(19)17-13(10-15(18)20-2)14-8-5-9-21-14/h3-9,13H,10H2,1-2H3,(H,17,19)/t13-/m1/s1. The van der Waals surface area contributed by atoms with Gasteiger partial charge in [0.05, 0.1) is 19.6 Å². The van der Waals surface area contributed by atoms with E-state index < -0.39 is 0 Å². The van der Waals surface area contributed by atoms with Gasteiger partial charge in [-0.25, -0.2) is 0 Å². The lowest BCUT2D eigenvalue weighted by Gasteiger charge is -2.17. The second-order valence-corrected chi connectivity index (χ2v) is 5.62. The van der Waals surface area contributed by atoms with Crippen LogP contribution in [0.5, 0.6) is 0 Å². The molecule has 0 saturated carbocycles. The Bertz CT molecular complexity index is 622. The van der Waals surface area contributed by atoms with Crippen molar-refractivity contribution in [1.82, 2.24) is 5.32 Å². The van der Waals surface area contributed by atoms with Crippen molar-refractivity contribution in [2.24, 2.45) is 0 Å². The minimum absolute atomic E-state index is 0.120. The van der Waals surface area contributed by atoms with Crippen LogP contribution >= 0.6 is 11.3 Å². The minimum atomic E-state index is -0.371. The van der Waals surface area contributed by atoms with Gasteiger partial charge in [0.2, 0.25) is 0 Å². The normalized spacial score (nSPS) is 11.7. The zero-order chi connectivity index (χ0) is 15.2. The Kier molecular flexibility index (Phi) is 5.11. The average molecular weight is 303 g/mol. The van der Waals surface area contributed by atoms with E-state index in [1.807, 2.05) is 42.6 Å². The number of benzene rings is 1. The van der Waals surface area contributed by atoms with E-state index in [1.54, 1.807) is 6.07 Å². The molecule has 2 aromatic rings. The number of carbonyl (C=O) groups excluding carboxylic acids is 2. The Morgan fingerprint density at radius 2 is 2.00 bits per heavy atom. The third kappa shape index (κ3) is 3.92. The number of thiophene rings is 1. The highest BCUT2D eigenvalue weighted by Crippen LogP contribution is 2.23. The van der Waals surface area contributed by atoms with Gasteiger partial charge in [-0.1, -0.05) is 24.3 Å². The number of hydrogen-bond acceptors (Lipinski definition) is 4. The summed E-state index contributed by atoms with van der Waals surface area (Å²) in [6.45, 7) is 1.88. The fourth-order valence-corrected chi connectivity index (χ4v) is 2.80. The van der Waals surface area contributed by atoms with E-state index in [0.29, 0.717) is 5.56 Å². The molecule has 1 amide bonds. The summed E-state index contributed by atoms with van der Waals surface area (Å²) in [5, 5.41) is 4.83. The monoisotopic (exact) mass is 303 g/mol. The van der Waals surface area contributed by atoms with Crippen molar-refractivity contribution in [1.29, 1.82) is 0 Å². The maximum Gasteiger partial charge on any atom is 0.307 e. The molecule has 0 fully saturated rings. The van der Waals surface area contributed by atoms with Crippen molar-refractivity contribution in [2.75, 3.05) is 7.11 Å². The summed E-state index contributed by atoms with van der Waals surface area (Å²) >= 11 is 1.50. The Labute approximate surface area is 127 Å². The van der Waals surface area contributed by atoms with E-state index in [9.17, 15) is 9.59 Å². The molecule has 0 aliphatic heterocycles. The molecule has 0 saturated heterocycles. The van der Waals surface area contributed by atoms with E-state index in [2.05, 4.69) is 5.32 Å². The van der Waals surface area contributed by atoms with Gasteiger partial charge >= 0.3 is 5.97 Å². The second-order valence-electron chi connectivity index (χ2n) is 4.64. The summed E-state index contributed by atoms with van der Waals surface area (Å²) in [6.07, 6.45) is 0.120. The van der Waals surface area contributed by atoms with Gasteiger partial charge in [0.1, 0.15) is 0 Å². The van der Waals surface area contributed by atoms with Gasteiger partial charge in [0, 0.05) is 10.4 Å². The van der Waals surface area contributed by atoms with Gasteiger partial charge in [-0.2, -0.15) is 0 Å². The maximum atomic E-state index is 12.4. The summed E-state index contributed by atoms with van der Waals surface area (Å²) in [7, 11) is 1.34. The first-order valence-electron chi connectivity index (χ1n) is 6.58. The molecule has 0 aliphatic rings. The van der Waals surface area contributed by atoms with Crippen molar-refractivity contribution >= 4 is 23.2 Å². The van der Waals surface area contributed by atoms with Crippen molar-refractivity contribution < 1.29 is 14.3 Å². The Morgan fingerprint density at radius 1 is 1.24 bits per heavy atom. The lowest BCUT2D eigenvalue weighted by molar-refractivity contribution is -0.141. The molecule has 1 heterocycles. The second kappa shape index (κ2) is 7.04. The van der Waals surface area contributed by atoms with Crippen LogP contribution in [0.2, 0.25) is 0 Å². The first-order chi connectivity index (χ1) is 10.1. The fraction of sp³-hybridized carbons (Fsp3) is 0.250. The van der Waals surface area contributed by atoms with Crippen LogP contribution in [0.25, 0.3) is 0 Å². The van der Waals surface area contributed by atoms with Crippen LogP contribution in [-0.2, 0) is 9.53 Å². The van der Waals surface area contributed by atoms with Crippen LogP contribution in [0, 0.1) is 6.92 Å². The molecule has 21 heavy (non-hydrogen) atoms. The van der Waals surface area contributed by atoms with Crippen LogP contribution < -0.4 is 5.32 Å². The summed E-state index contributed by atoms with van der Waals surface area (Å²) < 4.78 is 4.70. The molecule has 0 bridgehead atoms. The predicted molar refractivity (Wildman–Crippen MR) is 82.3 cm³/mol. The highest BCUT2D eigenvalue weighted by molar-refractivity contribution is 7.10. The highest BCUT2D eigenvalue weighted by atomic mass is 32.1. The molecule has 2 rings (SSSR count). The van der Waals surface area contributed by atoms with Gasteiger partial charge in [-0.3, -0.25) is 9.59 Å². The minimum Gasteiger partial charge on any atom is -0.469 e. The number of hydrogen-bond donors (Lipinski definition) is 1. The summed E-state index contributed by atoms with van der Waals surface area (Å²) in [4.78, 5) is 24.8. The van der Waals surface area contributed by atoms with Gasteiger partial charge in [-0.05, 0) is 30.0 Å².